The molecular weight excluding hydrogens is 255 g/mol. The van der Waals surface area contributed by atoms with E-state index in [2.05, 4.69) is 9.65 Å². The number of halogens is 1. The van der Waals surface area contributed by atoms with Gasteiger partial charge in [0.1, 0.15) is 0 Å². The van der Waals surface area contributed by atoms with Crippen LogP contribution in [0.25, 0.3) is 0 Å². The van der Waals surface area contributed by atoms with Crippen molar-refractivity contribution in [1.29, 1.82) is 0 Å². The summed E-state index contributed by atoms with van der Waals surface area (Å²) in [6.07, 6.45) is 3.80. The summed E-state index contributed by atoms with van der Waals surface area (Å²) in [5.41, 5.74) is 1.27. The number of carbonyl (C=O) groups excluding carboxylic acids is 1. The Hall–Kier alpha value is -0.0600. The van der Waals surface area contributed by atoms with Crippen molar-refractivity contribution < 1.29 is 7.86 Å². The van der Waals surface area contributed by atoms with Crippen LogP contribution >= 0.6 is 23.0 Å². The van der Waals surface area contributed by atoms with Gasteiger partial charge in [0, 0.05) is 0 Å². The first-order chi connectivity index (χ1) is 5.24. The van der Waals surface area contributed by atoms with Gasteiger partial charge in [-0.25, -0.2) is 0 Å². The van der Waals surface area contributed by atoms with E-state index in [1.165, 1.54) is 5.57 Å². The fraction of sp³-hybridized carbons (Fsp3) is 0.625. The number of hydrogen-bond donors (Lipinski definition) is 0. The Labute approximate surface area is 80.7 Å². The highest BCUT2D eigenvalue weighted by Crippen LogP contribution is 2.28. The number of allylic oxidation sites excluding steroid dienone is 1. The van der Waals surface area contributed by atoms with E-state index >= 15 is 0 Å². The predicted octanol–water partition coefficient (Wildman–Crippen LogP) is 2.63. The first kappa shape index (κ1) is 9.03. The molecular formula is C8H11IO2. The standard InChI is InChI=1S/C8H11IO2/c1-6-2-4-7(5-3-6)8(10)11-9/h7H,1-5H2. The lowest BCUT2D eigenvalue weighted by atomic mass is 9.87. The second-order valence-corrected chi connectivity index (χ2v) is 3.36. The van der Waals surface area contributed by atoms with Crippen molar-refractivity contribution in [2.45, 2.75) is 25.7 Å². The molecule has 1 fully saturated rings. The van der Waals surface area contributed by atoms with E-state index in [0.717, 1.165) is 25.7 Å². The molecule has 62 valence electrons. The van der Waals surface area contributed by atoms with Gasteiger partial charge in [0.25, 0.3) is 0 Å². The molecule has 0 N–H and O–H groups in total. The third-order valence-electron chi connectivity index (χ3n) is 2.10. The first-order valence-corrected chi connectivity index (χ1v) is 4.61. The fourth-order valence-corrected chi connectivity index (χ4v) is 1.68. The normalized spacial score (nSPS) is 19.9. The number of rotatable bonds is 1. The van der Waals surface area contributed by atoms with Gasteiger partial charge in [0.2, 0.25) is 0 Å². The molecule has 0 heterocycles. The van der Waals surface area contributed by atoms with E-state index < -0.39 is 0 Å². The van der Waals surface area contributed by atoms with Crippen LogP contribution in [-0.2, 0) is 7.86 Å². The molecule has 0 aromatic rings. The molecule has 0 spiro atoms. The van der Waals surface area contributed by atoms with Crippen molar-refractivity contribution in [3.63, 3.8) is 0 Å². The van der Waals surface area contributed by atoms with Crippen molar-refractivity contribution >= 4 is 29.0 Å². The number of hydrogen-bond acceptors (Lipinski definition) is 2. The van der Waals surface area contributed by atoms with Crippen molar-refractivity contribution in [3.05, 3.63) is 12.2 Å². The van der Waals surface area contributed by atoms with Gasteiger partial charge >= 0.3 is 5.97 Å². The first-order valence-electron chi connectivity index (χ1n) is 3.73. The maximum atomic E-state index is 11.0. The Balaban J connectivity index is 2.39. The molecule has 0 radical (unpaired) electrons. The molecule has 3 heteroatoms. The highest BCUT2D eigenvalue weighted by molar-refractivity contribution is 14.1. The van der Waals surface area contributed by atoms with Crippen LogP contribution in [0.1, 0.15) is 25.7 Å². The molecule has 11 heavy (non-hydrogen) atoms. The van der Waals surface area contributed by atoms with Crippen LogP contribution in [0.4, 0.5) is 0 Å². The maximum absolute atomic E-state index is 11.0. The molecule has 0 unspecified atom stereocenters. The minimum absolute atomic E-state index is 0.0712. The molecule has 0 amide bonds. The third kappa shape index (κ3) is 2.47. The molecule has 1 aliphatic rings. The highest BCUT2D eigenvalue weighted by atomic mass is 127. The summed E-state index contributed by atoms with van der Waals surface area (Å²) in [5, 5.41) is 0. The van der Waals surface area contributed by atoms with Gasteiger partial charge in [0.15, 0.2) is 23.0 Å². The van der Waals surface area contributed by atoms with Crippen LogP contribution in [0.5, 0.6) is 0 Å². The zero-order chi connectivity index (χ0) is 8.27. The molecule has 1 aliphatic carbocycles. The van der Waals surface area contributed by atoms with E-state index in [9.17, 15) is 4.79 Å². The molecule has 0 aliphatic heterocycles. The second kappa shape index (κ2) is 4.09. The summed E-state index contributed by atoms with van der Waals surface area (Å²) in [7, 11) is 0. The Kier molecular flexibility index (Phi) is 3.36. The third-order valence-corrected chi connectivity index (χ3v) is 2.54. The minimum atomic E-state index is -0.0712. The van der Waals surface area contributed by atoms with Crippen molar-refractivity contribution in [2.24, 2.45) is 5.92 Å². The van der Waals surface area contributed by atoms with Gasteiger partial charge in [0.05, 0.1) is 5.92 Å². The average Bonchev–Trinajstić information content (AvgIpc) is 2.05. The van der Waals surface area contributed by atoms with E-state index in [1.54, 1.807) is 23.0 Å². The molecule has 0 atom stereocenters. The molecule has 0 saturated heterocycles. The molecule has 1 saturated carbocycles. The van der Waals surface area contributed by atoms with Gasteiger partial charge < -0.3 is 3.07 Å². The van der Waals surface area contributed by atoms with Gasteiger partial charge in [-0.2, -0.15) is 0 Å². The second-order valence-electron chi connectivity index (χ2n) is 2.92. The maximum Gasteiger partial charge on any atom is 0.318 e. The molecule has 1 rings (SSSR count). The van der Waals surface area contributed by atoms with Crippen molar-refractivity contribution in [2.75, 3.05) is 0 Å². The quantitative estimate of drug-likeness (QED) is 0.538. The van der Waals surface area contributed by atoms with Crippen LogP contribution in [0, 0.1) is 5.92 Å². The Morgan fingerprint density at radius 2 is 2.09 bits per heavy atom. The van der Waals surface area contributed by atoms with Gasteiger partial charge in [-0.1, -0.05) is 12.2 Å². The SMILES string of the molecule is C=C1CCC(C(=O)OI)CC1. The Bertz CT molecular complexity index is 167. The Morgan fingerprint density at radius 3 is 2.55 bits per heavy atom. The summed E-state index contributed by atoms with van der Waals surface area (Å²) < 4.78 is 4.63. The zero-order valence-electron chi connectivity index (χ0n) is 6.31. The molecule has 0 aromatic heterocycles. The van der Waals surface area contributed by atoms with E-state index in [-0.39, 0.29) is 11.9 Å². The summed E-state index contributed by atoms with van der Waals surface area (Å²) >= 11 is 1.65. The van der Waals surface area contributed by atoms with E-state index in [1.807, 2.05) is 0 Å². The van der Waals surface area contributed by atoms with Crippen molar-refractivity contribution in [1.82, 2.24) is 0 Å². The van der Waals surface area contributed by atoms with Gasteiger partial charge in [-0.05, 0) is 25.7 Å². The summed E-state index contributed by atoms with van der Waals surface area (Å²) in [6, 6.07) is 0. The monoisotopic (exact) mass is 266 g/mol. The lowest BCUT2D eigenvalue weighted by Gasteiger charge is -2.19. The summed E-state index contributed by atoms with van der Waals surface area (Å²) in [4.78, 5) is 11.0. The topological polar surface area (TPSA) is 26.3 Å². The summed E-state index contributed by atoms with van der Waals surface area (Å²) in [5.74, 6) is 0.0514. The Morgan fingerprint density at radius 1 is 1.55 bits per heavy atom. The van der Waals surface area contributed by atoms with Gasteiger partial charge in [-0.3, -0.25) is 4.79 Å². The fourth-order valence-electron chi connectivity index (χ4n) is 1.32. The predicted molar refractivity (Wildman–Crippen MR) is 51.2 cm³/mol. The molecule has 0 aromatic carbocycles. The lowest BCUT2D eigenvalue weighted by molar-refractivity contribution is -0.136. The van der Waals surface area contributed by atoms with Crippen LogP contribution in [-0.4, -0.2) is 5.97 Å². The van der Waals surface area contributed by atoms with E-state index in [0.29, 0.717) is 0 Å². The van der Waals surface area contributed by atoms with Crippen LogP contribution in [0.15, 0.2) is 12.2 Å². The van der Waals surface area contributed by atoms with Crippen LogP contribution in [0.2, 0.25) is 0 Å². The van der Waals surface area contributed by atoms with Crippen LogP contribution < -0.4 is 0 Å². The molecule has 2 nitrogen and oxygen atoms in total. The summed E-state index contributed by atoms with van der Waals surface area (Å²) in [6.45, 7) is 3.88. The van der Waals surface area contributed by atoms with Gasteiger partial charge in [-0.15, -0.1) is 0 Å². The smallest absolute Gasteiger partial charge is 0.318 e. The minimum Gasteiger partial charge on any atom is -0.394 e. The number of carbonyl (C=O) groups is 1. The van der Waals surface area contributed by atoms with Crippen LogP contribution in [0.3, 0.4) is 0 Å². The largest absolute Gasteiger partial charge is 0.394 e. The average molecular weight is 266 g/mol. The lowest BCUT2D eigenvalue weighted by Crippen LogP contribution is -2.17. The van der Waals surface area contributed by atoms with Crippen molar-refractivity contribution in [3.8, 4) is 0 Å². The zero-order valence-corrected chi connectivity index (χ0v) is 8.46. The van der Waals surface area contributed by atoms with E-state index in [4.69, 9.17) is 0 Å². The highest BCUT2D eigenvalue weighted by Gasteiger charge is 2.23. The molecule has 0 bridgehead atoms.